The zero-order chi connectivity index (χ0) is 24.7. The third kappa shape index (κ3) is 6.75. The third-order valence-corrected chi connectivity index (χ3v) is 6.81. The summed E-state index contributed by atoms with van der Waals surface area (Å²) in [5.41, 5.74) is 0.879. The number of halogens is 2. The molecule has 1 unspecified atom stereocenters. The van der Waals surface area contributed by atoms with E-state index in [1.54, 1.807) is 6.07 Å². The molecule has 5 nitrogen and oxygen atoms in total. The molecule has 1 amide bonds. The highest BCUT2D eigenvalue weighted by Crippen LogP contribution is 2.34. The van der Waals surface area contributed by atoms with Crippen molar-refractivity contribution >= 4 is 23.2 Å². The fourth-order valence-corrected chi connectivity index (χ4v) is 4.59. The van der Waals surface area contributed by atoms with Crippen LogP contribution in [0.3, 0.4) is 0 Å². The fraction of sp³-hybridized carbons (Fsp3) is 0.385. The maximum absolute atomic E-state index is 14.1. The summed E-state index contributed by atoms with van der Waals surface area (Å²) < 4.78 is 28.2. The molecule has 0 saturated carbocycles. The second-order valence-corrected chi connectivity index (χ2v) is 9.54. The number of amides is 1. The van der Waals surface area contributed by atoms with Crippen LogP contribution < -0.4 is 0 Å². The lowest BCUT2D eigenvalue weighted by Crippen LogP contribution is -2.36. The van der Waals surface area contributed by atoms with E-state index in [-0.39, 0.29) is 17.3 Å². The number of hydrogen-bond acceptors (Lipinski definition) is 4. The molecule has 2 N–H and O–H groups in total. The molecular formula is C26H27F2NO4S. The summed E-state index contributed by atoms with van der Waals surface area (Å²) in [6.07, 6.45) is 2.81. The molecule has 0 bridgehead atoms. The number of hydrogen-bond donors (Lipinski definition) is 2. The normalized spacial score (nSPS) is 19.1. The maximum atomic E-state index is 14.1. The molecule has 3 rings (SSSR count). The van der Waals surface area contributed by atoms with E-state index in [0.29, 0.717) is 19.3 Å². The van der Waals surface area contributed by atoms with E-state index in [0.717, 1.165) is 26.7 Å². The van der Waals surface area contributed by atoms with E-state index in [1.165, 1.54) is 18.2 Å². The molecule has 0 radical (unpaired) electrons. The molecule has 1 fully saturated rings. The molecule has 2 heterocycles. The number of aromatic carboxylic acids is 1. The van der Waals surface area contributed by atoms with Crippen LogP contribution in [0.5, 0.6) is 0 Å². The molecule has 1 saturated heterocycles. The Morgan fingerprint density at radius 1 is 1.29 bits per heavy atom. The van der Waals surface area contributed by atoms with Crippen molar-refractivity contribution in [2.45, 2.75) is 50.7 Å². The SMILES string of the molecule is C[C@@H](CC#Cc1ccccc1)[C@H](O)C=CC1CC(F)(F)C(=O)N1CCCc1ccc(C(=O)O)s1. The van der Waals surface area contributed by atoms with Gasteiger partial charge >= 0.3 is 11.9 Å². The van der Waals surface area contributed by atoms with E-state index in [9.17, 15) is 23.5 Å². The van der Waals surface area contributed by atoms with Gasteiger partial charge in [-0.2, -0.15) is 8.78 Å². The van der Waals surface area contributed by atoms with Crippen LogP contribution in [0.2, 0.25) is 0 Å². The van der Waals surface area contributed by atoms with Crippen LogP contribution in [-0.2, 0) is 11.2 Å². The van der Waals surface area contributed by atoms with Gasteiger partial charge in [0.1, 0.15) is 4.88 Å². The molecule has 0 aliphatic carbocycles. The predicted octanol–water partition coefficient (Wildman–Crippen LogP) is 4.61. The second-order valence-electron chi connectivity index (χ2n) is 8.37. The molecule has 1 aromatic heterocycles. The van der Waals surface area contributed by atoms with Gasteiger partial charge in [-0.25, -0.2) is 4.79 Å². The summed E-state index contributed by atoms with van der Waals surface area (Å²) in [5.74, 6) is 0.191. The molecule has 34 heavy (non-hydrogen) atoms. The number of benzene rings is 1. The van der Waals surface area contributed by atoms with E-state index in [1.807, 2.05) is 37.3 Å². The summed E-state index contributed by atoms with van der Waals surface area (Å²) >= 11 is 1.14. The highest BCUT2D eigenvalue weighted by molar-refractivity contribution is 7.13. The monoisotopic (exact) mass is 487 g/mol. The van der Waals surface area contributed by atoms with E-state index in [2.05, 4.69) is 11.8 Å². The summed E-state index contributed by atoms with van der Waals surface area (Å²) in [4.78, 5) is 25.4. The van der Waals surface area contributed by atoms with Crippen LogP contribution in [0.1, 0.15) is 46.3 Å². The fourth-order valence-electron chi connectivity index (χ4n) is 3.70. The minimum absolute atomic E-state index is 0.123. The molecule has 1 aromatic carbocycles. The molecule has 0 spiro atoms. The highest BCUT2D eigenvalue weighted by atomic mass is 32.1. The number of carboxylic acids is 1. The zero-order valence-corrected chi connectivity index (χ0v) is 19.6. The molecule has 2 aromatic rings. The van der Waals surface area contributed by atoms with Crippen molar-refractivity contribution in [3.8, 4) is 11.8 Å². The topological polar surface area (TPSA) is 77.8 Å². The van der Waals surface area contributed by atoms with Gasteiger partial charge in [0, 0.05) is 29.8 Å². The number of nitrogens with zero attached hydrogens (tertiary/aromatic N) is 1. The highest BCUT2D eigenvalue weighted by Gasteiger charge is 2.52. The van der Waals surface area contributed by atoms with Crippen LogP contribution in [0, 0.1) is 17.8 Å². The van der Waals surface area contributed by atoms with E-state index < -0.39 is 36.4 Å². The van der Waals surface area contributed by atoms with Gasteiger partial charge in [0.15, 0.2) is 0 Å². The Bertz CT molecular complexity index is 1090. The second kappa shape index (κ2) is 11.4. The van der Waals surface area contributed by atoms with Crippen molar-refractivity contribution in [2.24, 2.45) is 5.92 Å². The van der Waals surface area contributed by atoms with Crippen LogP contribution in [-0.4, -0.2) is 51.6 Å². The van der Waals surface area contributed by atoms with Gasteiger partial charge in [0.2, 0.25) is 0 Å². The first-order valence-electron chi connectivity index (χ1n) is 11.1. The number of carbonyl (C=O) groups excluding carboxylic acids is 1. The van der Waals surface area contributed by atoms with Crippen molar-refractivity contribution in [1.82, 2.24) is 4.90 Å². The minimum atomic E-state index is -3.44. The van der Waals surface area contributed by atoms with Crippen molar-refractivity contribution in [3.63, 3.8) is 0 Å². The van der Waals surface area contributed by atoms with Crippen molar-refractivity contribution in [1.29, 1.82) is 0 Å². The van der Waals surface area contributed by atoms with Crippen molar-refractivity contribution in [3.05, 3.63) is 69.9 Å². The number of aryl methyl sites for hydroxylation is 1. The zero-order valence-electron chi connectivity index (χ0n) is 18.8. The number of likely N-dealkylation sites (tertiary alicyclic amines) is 1. The summed E-state index contributed by atoms with van der Waals surface area (Å²) in [7, 11) is 0. The number of aliphatic hydroxyl groups is 1. The first kappa shape index (κ1) is 25.6. The lowest BCUT2D eigenvalue weighted by Gasteiger charge is -2.22. The molecule has 1 aliphatic heterocycles. The lowest BCUT2D eigenvalue weighted by atomic mass is 9.99. The Balaban J connectivity index is 1.56. The Kier molecular flexibility index (Phi) is 8.59. The smallest absolute Gasteiger partial charge is 0.345 e. The van der Waals surface area contributed by atoms with Crippen LogP contribution in [0.15, 0.2) is 54.6 Å². The number of thiophene rings is 1. The van der Waals surface area contributed by atoms with Crippen molar-refractivity contribution < 1.29 is 28.6 Å². The average Bonchev–Trinajstić information content (AvgIpc) is 3.36. The molecular weight excluding hydrogens is 460 g/mol. The van der Waals surface area contributed by atoms with Gasteiger partial charge in [0.25, 0.3) is 5.91 Å². The van der Waals surface area contributed by atoms with E-state index >= 15 is 0 Å². The Morgan fingerprint density at radius 3 is 2.71 bits per heavy atom. The molecule has 180 valence electrons. The van der Waals surface area contributed by atoms with Gasteiger partial charge in [-0.05, 0) is 43.0 Å². The Morgan fingerprint density at radius 2 is 2.03 bits per heavy atom. The lowest BCUT2D eigenvalue weighted by molar-refractivity contribution is -0.148. The van der Waals surface area contributed by atoms with Gasteiger partial charge in [-0.1, -0.05) is 49.1 Å². The summed E-state index contributed by atoms with van der Waals surface area (Å²) in [5, 5.41) is 19.4. The van der Waals surface area contributed by atoms with Gasteiger partial charge in [-0.3, -0.25) is 4.79 Å². The quantitative estimate of drug-likeness (QED) is 0.400. The van der Waals surface area contributed by atoms with Gasteiger partial charge < -0.3 is 15.1 Å². The number of carbonyl (C=O) groups is 2. The number of rotatable bonds is 9. The average molecular weight is 488 g/mol. The first-order valence-corrected chi connectivity index (χ1v) is 11.9. The van der Waals surface area contributed by atoms with Gasteiger partial charge in [-0.15, -0.1) is 11.3 Å². The Hall–Kier alpha value is -3.02. The van der Waals surface area contributed by atoms with Crippen LogP contribution in [0.25, 0.3) is 0 Å². The standard InChI is InChI=1S/C26H27F2NO4S/c1-18(7-5-10-19-8-3-2-4-9-19)22(30)14-12-20-17-26(27,28)25(33)29(20)16-6-11-21-13-15-23(34-21)24(31)32/h2-4,8-9,12-15,18,20,22,30H,6-7,11,16-17H2,1H3,(H,31,32)/t18-,20?,22+/m0/s1. The largest absolute Gasteiger partial charge is 0.477 e. The summed E-state index contributed by atoms with van der Waals surface area (Å²) in [6.45, 7) is 1.95. The summed E-state index contributed by atoms with van der Waals surface area (Å²) in [6, 6.07) is 11.9. The van der Waals surface area contributed by atoms with E-state index in [4.69, 9.17) is 5.11 Å². The Labute approximate surface area is 201 Å². The predicted molar refractivity (Wildman–Crippen MR) is 127 cm³/mol. The maximum Gasteiger partial charge on any atom is 0.345 e. The minimum Gasteiger partial charge on any atom is -0.477 e. The van der Waals surface area contributed by atoms with Crippen LogP contribution >= 0.6 is 11.3 Å². The number of alkyl halides is 2. The molecule has 1 aliphatic rings. The third-order valence-electron chi connectivity index (χ3n) is 5.68. The molecule has 8 heteroatoms. The molecule has 3 atom stereocenters. The number of carboxylic acid groups (broad SMARTS) is 1. The van der Waals surface area contributed by atoms with Crippen LogP contribution in [0.4, 0.5) is 8.78 Å². The van der Waals surface area contributed by atoms with Gasteiger partial charge in [0.05, 0.1) is 12.1 Å². The van der Waals surface area contributed by atoms with Crippen molar-refractivity contribution in [2.75, 3.05) is 6.54 Å². The first-order chi connectivity index (χ1) is 16.2. The number of aliphatic hydroxyl groups excluding tert-OH is 1.